The molecule has 25 heavy (non-hydrogen) atoms. The molecular weight excluding hydrogens is 334 g/mol. The molecule has 3 N–H and O–H groups in total. The van der Waals surface area contributed by atoms with Gasteiger partial charge >= 0.3 is 0 Å². The Morgan fingerprint density at radius 2 is 1.92 bits per heavy atom. The molecule has 6 nitrogen and oxygen atoms in total. The molecule has 2 aromatic carbocycles. The zero-order chi connectivity index (χ0) is 17.2. The van der Waals surface area contributed by atoms with E-state index in [1.54, 1.807) is 11.3 Å². The molecule has 0 fully saturated rings. The number of hydrogen-bond acceptors (Lipinski definition) is 5. The van der Waals surface area contributed by atoms with E-state index in [1.807, 2.05) is 60.0 Å². The van der Waals surface area contributed by atoms with E-state index >= 15 is 0 Å². The lowest BCUT2D eigenvalue weighted by atomic mass is 10.1. The highest BCUT2D eigenvalue weighted by Gasteiger charge is 2.13. The monoisotopic (exact) mass is 347 g/mol. The number of nitrogens with zero attached hydrogens (tertiary/aromatic N) is 3. The van der Waals surface area contributed by atoms with Crippen molar-refractivity contribution in [3.8, 4) is 11.6 Å². The summed E-state index contributed by atoms with van der Waals surface area (Å²) < 4.78 is 7.09. The van der Waals surface area contributed by atoms with Crippen LogP contribution in [0, 0.1) is 5.53 Å². The molecule has 0 atom stereocenters. The van der Waals surface area contributed by atoms with Crippen molar-refractivity contribution in [2.45, 2.75) is 0 Å². The van der Waals surface area contributed by atoms with Gasteiger partial charge in [-0.2, -0.15) is 5.53 Å². The standard InChI is InChI=1S/C18H13N5OS/c19-17(22-23-20)11-6-7-13-15(10-11)21-18(14-8-9-25-16(13)14)24-12-4-2-1-3-5-12/h1-10H,(H3,19,20,22). The third-order valence-corrected chi connectivity index (χ3v) is 4.72. The number of aromatic nitrogens is 1. The first-order valence-electron chi connectivity index (χ1n) is 7.50. The summed E-state index contributed by atoms with van der Waals surface area (Å²) in [6.07, 6.45) is 0. The lowest BCUT2D eigenvalue weighted by molar-refractivity contribution is 0.471. The fourth-order valence-electron chi connectivity index (χ4n) is 2.62. The van der Waals surface area contributed by atoms with Crippen LogP contribution in [-0.4, -0.2) is 10.8 Å². The molecular formula is C18H13N5OS. The van der Waals surface area contributed by atoms with Crippen LogP contribution in [0.1, 0.15) is 5.56 Å². The van der Waals surface area contributed by atoms with Crippen LogP contribution in [0.5, 0.6) is 11.6 Å². The van der Waals surface area contributed by atoms with Crippen molar-refractivity contribution < 1.29 is 4.74 Å². The van der Waals surface area contributed by atoms with E-state index in [0.717, 1.165) is 26.7 Å². The molecule has 0 unspecified atom stereocenters. The molecule has 0 saturated heterocycles. The summed E-state index contributed by atoms with van der Waals surface area (Å²) in [5.41, 5.74) is 14.1. The maximum Gasteiger partial charge on any atom is 0.228 e. The molecule has 0 radical (unpaired) electrons. The minimum atomic E-state index is 0.176. The Kier molecular flexibility index (Phi) is 3.83. The van der Waals surface area contributed by atoms with Crippen molar-refractivity contribution >= 4 is 38.2 Å². The number of fused-ring (bicyclic) bond motifs is 3. The van der Waals surface area contributed by atoms with Crippen LogP contribution in [0.2, 0.25) is 0 Å². The summed E-state index contributed by atoms with van der Waals surface area (Å²) in [6, 6.07) is 17.2. The number of nitrogens with two attached hydrogens (primary N) is 1. The van der Waals surface area contributed by atoms with Crippen LogP contribution in [0.3, 0.4) is 0 Å². The quantitative estimate of drug-likeness (QED) is 0.238. The predicted octanol–water partition coefficient (Wildman–Crippen LogP) is 4.89. The van der Waals surface area contributed by atoms with E-state index in [1.165, 1.54) is 0 Å². The molecule has 0 aliphatic carbocycles. The lowest BCUT2D eigenvalue weighted by Crippen LogP contribution is -2.12. The second-order valence-corrected chi connectivity index (χ2v) is 6.23. The Labute approximate surface area is 147 Å². The molecule has 2 aromatic heterocycles. The number of amidine groups is 1. The van der Waals surface area contributed by atoms with Gasteiger partial charge in [-0.1, -0.05) is 35.6 Å². The topological polar surface area (TPSA) is 96.7 Å². The molecule has 0 saturated carbocycles. The fraction of sp³-hybridized carbons (Fsp3) is 0. The molecule has 0 amide bonds. The van der Waals surface area contributed by atoms with Gasteiger partial charge in [-0.05, 0) is 29.6 Å². The van der Waals surface area contributed by atoms with Gasteiger partial charge in [-0.25, -0.2) is 4.98 Å². The number of para-hydroxylation sites is 1. The first-order chi connectivity index (χ1) is 12.3. The third-order valence-electron chi connectivity index (χ3n) is 3.77. The summed E-state index contributed by atoms with van der Waals surface area (Å²) in [5, 5.41) is 10.6. The van der Waals surface area contributed by atoms with Crippen molar-refractivity contribution in [3.63, 3.8) is 0 Å². The summed E-state index contributed by atoms with van der Waals surface area (Å²) in [7, 11) is 0. The van der Waals surface area contributed by atoms with Crippen LogP contribution in [0.15, 0.2) is 70.3 Å². The predicted molar refractivity (Wildman–Crippen MR) is 99.5 cm³/mol. The number of benzene rings is 2. The molecule has 0 spiro atoms. The van der Waals surface area contributed by atoms with E-state index in [0.29, 0.717) is 11.4 Å². The molecule has 122 valence electrons. The Balaban J connectivity index is 1.90. The Hall–Kier alpha value is -3.32. The highest BCUT2D eigenvalue weighted by molar-refractivity contribution is 7.18. The van der Waals surface area contributed by atoms with Gasteiger partial charge in [0.2, 0.25) is 5.88 Å². The Morgan fingerprint density at radius 3 is 2.72 bits per heavy atom. The van der Waals surface area contributed by atoms with Crippen molar-refractivity contribution in [1.82, 2.24) is 4.98 Å². The minimum absolute atomic E-state index is 0.176. The van der Waals surface area contributed by atoms with Gasteiger partial charge in [0.15, 0.2) is 5.84 Å². The average Bonchev–Trinajstić information content (AvgIpc) is 3.13. The number of hydrogen-bond donors (Lipinski definition) is 2. The van der Waals surface area contributed by atoms with E-state index in [-0.39, 0.29) is 5.84 Å². The van der Waals surface area contributed by atoms with Gasteiger partial charge in [-0.3, -0.25) is 0 Å². The lowest BCUT2D eigenvalue weighted by Gasteiger charge is -2.09. The number of nitrogens with one attached hydrogen (secondary N) is 1. The fourth-order valence-corrected chi connectivity index (χ4v) is 3.54. The number of rotatable bonds is 4. The molecule has 4 rings (SSSR count). The minimum Gasteiger partial charge on any atom is -0.438 e. The van der Waals surface area contributed by atoms with Gasteiger partial charge in [0.1, 0.15) is 5.75 Å². The highest BCUT2D eigenvalue weighted by Crippen LogP contribution is 2.36. The van der Waals surface area contributed by atoms with Crippen LogP contribution in [0.4, 0.5) is 0 Å². The smallest absolute Gasteiger partial charge is 0.228 e. The van der Waals surface area contributed by atoms with Crippen molar-refractivity contribution in [3.05, 3.63) is 65.5 Å². The zero-order valence-electron chi connectivity index (χ0n) is 13.0. The van der Waals surface area contributed by atoms with Crippen LogP contribution < -0.4 is 10.5 Å². The second kappa shape index (κ2) is 6.29. The molecule has 7 heteroatoms. The number of thiophene rings is 1. The second-order valence-electron chi connectivity index (χ2n) is 5.31. The number of pyridine rings is 1. The van der Waals surface area contributed by atoms with E-state index < -0.39 is 0 Å². The Morgan fingerprint density at radius 1 is 1.08 bits per heavy atom. The van der Waals surface area contributed by atoms with E-state index in [4.69, 9.17) is 16.0 Å². The summed E-state index contributed by atoms with van der Waals surface area (Å²) in [4.78, 5) is 4.67. The van der Waals surface area contributed by atoms with Gasteiger partial charge in [0.05, 0.1) is 10.9 Å². The average molecular weight is 347 g/mol. The van der Waals surface area contributed by atoms with Crippen molar-refractivity contribution in [2.75, 3.05) is 0 Å². The summed E-state index contributed by atoms with van der Waals surface area (Å²) in [5.74, 6) is 1.45. The van der Waals surface area contributed by atoms with Gasteiger partial charge in [0.25, 0.3) is 0 Å². The van der Waals surface area contributed by atoms with Crippen LogP contribution >= 0.6 is 11.3 Å². The van der Waals surface area contributed by atoms with Crippen molar-refractivity contribution in [2.24, 2.45) is 16.1 Å². The summed E-state index contributed by atoms with van der Waals surface area (Å²) in [6.45, 7) is 0. The molecule has 0 aliphatic heterocycles. The normalized spacial score (nSPS) is 11.8. The van der Waals surface area contributed by atoms with Crippen LogP contribution in [0.25, 0.3) is 21.0 Å². The van der Waals surface area contributed by atoms with Crippen LogP contribution in [-0.2, 0) is 0 Å². The maximum atomic E-state index is 6.82. The van der Waals surface area contributed by atoms with Gasteiger partial charge in [-0.15, -0.1) is 16.4 Å². The first-order valence-corrected chi connectivity index (χ1v) is 8.38. The van der Waals surface area contributed by atoms with Gasteiger partial charge < -0.3 is 10.5 Å². The first kappa shape index (κ1) is 15.2. The highest BCUT2D eigenvalue weighted by atomic mass is 32.1. The SMILES string of the molecule is N=N/N=C(\N)c1ccc2c(c1)nc(Oc1ccccc1)c1ccsc12. The molecule has 0 bridgehead atoms. The molecule has 2 heterocycles. The largest absolute Gasteiger partial charge is 0.438 e. The maximum absolute atomic E-state index is 6.82. The number of ether oxygens (including phenoxy) is 1. The third kappa shape index (κ3) is 2.81. The molecule has 4 aromatic rings. The summed E-state index contributed by atoms with van der Waals surface area (Å²) >= 11 is 1.64. The molecule has 0 aliphatic rings. The van der Waals surface area contributed by atoms with Gasteiger partial charge in [0, 0.05) is 15.6 Å². The van der Waals surface area contributed by atoms with E-state index in [9.17, 15) is 0 Å². The Bertz CT molecular complexity index is 1100. The van der Waals surface area contributed by atoms with Crippen molar-refractivity contribution in [1.29, 1.82) is 5.53 Å². The van der Waals surface area contributed by atoms with E-state index in [2.05, 4.69) is 15.3 Å². The zero-order valence-corrected chi connectivity index (χ0v) is 13.8.